The molecule has 14 heavy (non-hydrogen) atoms. The molecule has 0 unspecified atom stereocenters. The lowest BCUT2D eigenvalue weighted by atomic mass is 10.0. The Kier molecular flexibility index (Phi) is 7.20. The molecule has 0 aromatic carbocycles. The van der Waals surface area contributed by atoms with Gasteiger partial charge in [-0.1, -0.05) is 20.8 Å². The van der Waals surface area contributed by atoms with Crippen molar-refractivity contribution in [2.45, 2.75) is 59.5 Å². The summed E-state index contributed by atoms with van der Waals surface area (Å²) >= 11 is 0. The van der Waals surface area contributed by atoms with Gasteiger partial charge in [0.15, 0.2) is 0 Å². The first kappa shape index (κ1) is 13.9. The first-order valence-corrected chi connectivity index (χ1v) is 5.84. The van der Waals surface area contributed by atoms with E-state index in [9.17, 15) is 0 Å². The standard InChI is InChI=1S/C12H27NO/c1-9(2)6-7-11(4)13-12(5)10(3)8-14/h9-14H,6-8H2,1-5H3/t10-,11-,12+/m0/s1. The summed E-state index contributed by atoms with van der Waals surface area (Å²) in [6, 6.07) is 0.962. The van der Waals surface area contributed by atoms with E-state index in [2.05, 4.69) is 39.9 Å². The molecule has 0 aromatic heterocycles. The number of aliphatic hydroxyl groups is 1. The quantitative estimate of drug-likeness (QED) is 0.663. The Morgan fingerprint density at radius 3 is 2.00 bits per heavy atom. The zero-order valence-corrected chi connectivity index (χ0v) is 10.4. The van der Waals surface area contributed by atoms with Gasteiger partial charge in [0.25, 0.3) is 0 Å². The molecule has 0 heterocycles. The van der Waals surface area contributed by atoms with Gasteiger partial charge in [-0.05, 0) is 38.5 Å². The highest BCUT2D eigenvalue weighted by atomic mass is 16.3. The lowest BCUT2D eigenvalue weighted by Gasteiger charge is -2.24. The fourth-order valence-electron chi connectivity index (χ4n) is 1.44. The highest BCUT2D eigenvalue weighted by Gasteiger charge is 2.13. The van der Waals surface area contributed by atoms with Crippen LogP contribution in [0.25, 0.3) is 0 Å². The van der Waals surface area contributed by atoms with Gasteiger partial charge in [-0.2, -0.15) is 0 Å². The maximum Gasteiger partial charge on any atom is 0.0471 e. The topological polar surface area (TPSA) is 32.3 Å². The zero-order valence-electron chi connectivity index (χ0n) is 10.4. The van der Waals surface area contributed by atoms with Gasteiger partial charge < -0.3 is 10.4 Å². The molecular formula is C12H27NO. The normalized spacial score (nSPS) is 18.2. The van der Waals surface area contributed by atoms with Crippen LogP contribution in [-0.2, 0) is 0 Å². The molecule has 0 amide bonds. The molecule has 0 spiro atoms. The van der Waals surface area contributed by atoms with Gasteiger partial charge >= 0.3 is 0 Å². The molecule has 0 saturated carbocycles. The predicted molar refractivity (Wildman–Crippen MR) is 62.4 cm³/mol. The molecule has 0 saturated heterocycles. The van der Waals surface area contributed by atoms with E-state index in [4.69, 9.17) is 5.11 Å². The van der Waals surface area contributed by atoms with Crippen molar-refractivity contribution >= 4 is 0 Å². The zero-order chi connectivity index (χ0) is 11.1. The molecule has 0 fully saturated rings. The van der Waals surface area contributed by atoms with Gasteiger partial charge in [0.1, 0.15) is 0 Å². The minimum atomic E-state index is 0.269. The van der Waals surface area contributed by atoms with Crippen molar-refractivity contribution in [3.63, 3.8) is 0 Å². The van der Waals surface area contributed by atoms with Gasteiger partial charge in [-0.25, -0.2) is 0 Å². The molecule has 3 atom stereocenters. The van der Waals surface area contributed by atoms with E-state index in [1.54, 1.807) is 0 Å². The maximum atomic E-state index is 9.00. The van der Waals surface area contributed by atoms with Crippen LogP contribution in [0, 0.1) is 11.8 Å². The van der Waals surface area contributed by atoms with E-state index in [-0.39, 0.29) is 6.61 Å². The van der Waals surface area contributed by atoms with E-state index in [0.29, 0.717) is 18.0 Å². The molecule has 0 aromatic rings. The van der Waals surface area contributed by atoms with E-state index in [1.807, 2.05) is 0 Å². The number of aliphatic hydroxyl groups excluding tert-OH is 1. The predicted octanol–water partition coefficient (Wildman–Crippen LogP) is 2.42. The SMILES string of the molecule is CC(C)CC[C@H](C)N[C@H](C)[C@@H](C)CO. The van der Waals surface area contributed by atoms with Crippen LogP contribution >= 0.6 is 0 Å². The average Bonchev–Trinajstić information content (AvgIpc) is 2.13. The summed E-state index contributed by atoms with van der Waals surface area (Å²) in [6.45, 7) is 11.2. The molecule has 0 aliphatic carbocycles. The third-order valence-electron chi connectivity index (χ3n) is 2.87. The van der Waals surface area contributed by atoms with Crippen molar-refractivity contribution in [3.8, 4) is 0 Å². The van der Waals surface area contributed by atoms with Crippen molar-refractivity contribution in [3.05, 3.63) is 0 Å². The van der Waals surface area contributed by atoms with Crippen LogP contribution in [-0.4, -0.2) is 23.8 Å². The van der Waals surface area contributed by atoms with Crippen molar-refractivity contribution in [1.82, 2.24) is 5.32 Å². The van der Waals surface area contributed by atoms with E-state index in [1.165, 1.54) is 12.8 Å². The Labute approximate surface area is 89.1 Å². The van der Waals surface area contributed by atoms with Gasteiger partial charge in [0.05, 0.1) is 0 Å². The molecule has 2 N–H and O–H groups in total. The third-order valence-corrected chi connectivity index (χ3v) is 2.87. The molecule has 0 radical (unpaired) electrons. The van der Waals surface area contributed by atoms with E-state index < -0.39 is 0 Å². The Morgan fingerprint density at radius 1 is 1.00 bits per heavy atom. The summed E-state index contributed by atoms with van der Waals surface area (Å²) in [5, 5.41) is 12.5. The second-order valence-electron chi connectivity index (χ2n) is 4.99. The Hall–Kier alpha value is -0.0800. The molecule has 0 bridgehead atoms. The smallest absolute Gasteiger partial charge is 0.0471 e. The summed E-state index contributed by atoms with van der Waals surface area (Å²) in [7, 11) is 0. The van der Waals surface area contributed by atoms with Crippen molar-refractivity contribution in [2.24, 2.45) is 11.8 Å². The van der Waals surface area contributed by atoms with Crippen LogP contribution in [0.1, 0.15) is 47.5 Å². The van der Waals surface area contributed by atoms with Crippen LogP contribution in [0.3, 0.4) is 0 Å². The number of hydrogen-bond donors (Lipinski definition) is 2. The average molecular weight is 201 g/mol. The largest absolute Gasteiger partial charge is 0.396 e. The van der Waals surface area contributed by atoms with E-state index >= 15 is 0 Å². The minimum absolute atomic E-state index is 0.269. The van der Waals surface area contributed by atoms with Gasteiger partial charge in [0.2, 0.25) is 0 Å². The number of rotatable bonds is 7. The Bertz CT molecular complexity index is 136. The van der Waals surface area contributed by atoms with Gasteiger partial charge in [0, 0.05) is 18.7 Å². The highest BCUT2D eigenvalue weighted by Crippen LogP contribution is 2.09. The fourth-order valence-corrected chi connectivity index (χ4v) is 1.44. The summed E-state index contributed by atoms with van der Waals surface area (Å²) in [4.78, 5) is 0. The van der Waals surface area contributed by atoms with Gasteiger partial charge in [-0.3, -0.25) is 0 Å². The second-order valence-corrected chi connectivity index (χ2v) is 4.99. The maximum absolute atomic E-state index is 9.00. The summed E-state index contributed by atoms with van der Waals surface area (Å²) in [5.74, 6) is 1.13. The first-order valence-electron chi connectivity index (χ1n) is 5.84. The number of hydrogen-bond acceptors (Lipinski definition) is 2. The Morgan fingerprint density at radius 2 is 1.57 bits per heavy atom. The van der Waals surface area contributed by atoms with E-state index in [0.717, 1.165) is 5.92 Å². The lowest BCUT2D eigenvalue weighted by molar-refractivity contribution is 0.200. The van der Waals surface area contributed by atoms with Crippen LogP contribution in [0.15, 0.2) is 0 Å². The first-order chi connectivity index (χ1) is 6.47. The molecule has 0 aliphatic heterocycles. The van der Waals surface area contributed by atoms with Crippen molar-refractivity contribution < 1.29 is 5.11 Å². The summed E-state index contributed by atoms with van der Waals surface area (Å²) in [6.07, 6.45) is 2.49. The van der Waals surface area contributed by atoms with Crippen LogP contribution < -0.4 is 5.32 Å². The molecule has 0 rings (SSSR count). The van der Waals surface area contributed by atoms with Crippen molar-refractivity contribution in [1.29, 1.82) is 0 Å². The van der Waals surface area contributed by atoms with Crippen LogP contribution in [0.4, 0.5) is 0 Å². The molecule has 2 heteroatoms. The Balaban J connectivity index is 3.65. The van der Waals surface area contributed by atoms with Crippen molar-refractivity contribution in [2.75, 3.05) is 6.61 Å². The van der Waals surface area contributed by atoms with Crippen LogP contribution in [0.2, 0.25) is 0 Å². The lowest BCUT2D eigenvalue weighted by Crippen LogP contribution is -2.39. The monoisotopic (exact) mass is 201 g/mol. The highest BCUT2D eigenvalue weighted by molar-refractivity contribution is 4.72. The summed E-state index contributed by atoms with van der Waals surface area (Å²) in [5.41, 5.74) is 0. The minimum Gasteiger partial charge on any atom is -0.396 e. The van der Waals surface area contributed by atoms with Gasteiger partial charge in [-0.15, -0.1) is 0 Å². The fraction of sp³-hybridized carbons (Fsp3) is 1.00. The summed E-state index contributed by atoms with van der Waals surface area (Å²) < 4.78 is 0. The molecule has 0 aliphatic rings. The van der Waals surface area contributed by atoms with Crippen LogP contribution in [0.5, 0.6) is 0 Å². The number of nitrogens with one attached hydrogen (secondary N) is 1. The molecule has 2 nitrogen and oxygen atoms in total. The molecule has 86 valence electrons. The second kappa shape index (κ2) is 7.24. The molecular weight excluding hydrogens is 174 g/mol. The third kappa shape index (κ3) is 6.39.